The van der Waals surface area contributed by atoms with Crippen LogP contribution in [0.25, 0.3) is 5.78 Å². The molecule has 33 heavy (non-hydrogen) atoms. The van der Waals surface area contributed by atoms with Gasteiger partial charge in [-0.15, -0.1) is 5.10 Å². The molecule has 2 heterocycles. The minimum absolute atomic E-state index is 0.0780. The predicted octanol–water partition coefficient (Wildman–Crippen LogP) is 3.84. The average molecular weight is 446 g/mol. The summed E-state index contributed by atoms with van der Waals surface area (Å²) in [6.07, 6.45) is 0.192. The highest BCUT2D eigenvalue weighted by Gasteiger charge is 2.20. The third-order valence-corrected chi connectivity index (χ3v) is 5.41. The maximum absolute atomic E-state index is 13.5. The Bertz CT molecular complexity index is 1300. The van der Waals surface area contributed by atoms with Crippen molar-refractivity contribution in [2.75, 3.05) is 19.1 Å². The molecule has 0 N–H and O–H groups in total. The monoisotopic (exact) mass is 445 g/mol. The number of aryl methyl sites for hydroxylation is 3. The summed E-state index contributed by atoms with van der Waals surface area (Å²) < 4.78 is 12.4. The molecule has 2 aromatic heterocycles. The van der Waals surface area contributed by atoms with Crippen LogP contribution >= 0.6 is 0 Å². The zero-order valence-electron chi connectivity index (χ0n) is 19.5. The van der Waals surface area contributed by atoms with E-state index in [1.54, 1.807) is 29.7 Å². The zero-order valence-corrected chi connectivity index (χ0v) is 19.5. The summed E-state index contributed by atoms with van der Waals surface area (Å²) in [5.74, 6) is 2.18. The largest absolute Gasteiger partial charge is 0.493 e. The van der Waals surface area contributed by atoms with Gasteiger partial charge in [0.15, 0.2) is 17.3 Å². The number of rotatable bonds is 7. The second-order valence-electron chi connectivity index (χ2n) is 7.96. The lowest BCUT2D eigenvalue weighted by Gasteiger charge is -2.22. The molecule has 0 saturated carbocycles. The summed E-state index contributed by atoms with van der Waals surface area (Å²) in [6, 6.07) is 15.3. The van der Waals surface area contributed by atoms with Gasteiger partial charge in [0.1, 0.15) is 0 Å². The molecule has 1 amide bonds. The summed E-state index contributed by atoms with van der Waals surface area (Å²) in [6.45, 7) is 6.13. The number of amides is 1. The maximum Gasteiger partial charge on any atom is 0.252 e. The standard InChI is InChI=1S/C25H27N5O3/c1-16-6-9-20(10-7-16)29(15-23-27-25-26-17(2)12-18(3)30(25)28-23)24(31)14-19-8-11-21(32-4)22(13-19)33-5/h6-13H,14-15H2,1-5H3. The highest BCUT2D eigenvalue weighted by Crippen LogP contribution is 2.28. The van der Waals surface area contributed by atoms with Gasteiger partial charge in [0.2, 0.25) is 5.91 Å². The molecule has 0 saturated heterocycles. The van der Waals surface area contributed by atoms with Gasteiger partial charge < -0.3 is 14.4 Å². The van der Waals surface area contributed by atoms with Crippen LogP contribution in [-0.4, -0.2) is 39.7 Å². The molecule has 170 valence electrons. The number of methoxy groups -OCH3 is 2. The molecule has 4 aromatic rings. The van der Waals surface area contributed by atoms with Crippen LogP contribution < -0.4 is 14.4 Å². The van der Waals surface area contributed by atoms with E-state index in [1.165, 1.54) is 0 Å². The Morgan fingerprint density at radius 3 is 2.36 bits per heavy atom. The minimum Gasteiger partial charge on any atom is -0.493 e. The zero-order chi connectivity index (χ0) is 23.5. The van der Waals surface area contributed by atoms with Crippen molar-refractivity contribution in [3.05, 3.63) is 76.9 Å². The van der Waals surface area contributed by atoms with Crippen molar-refractivity contribution in [2.45, 2.75) is 33.7 Å². The van der Waals surface area contributed by atoms with Crippen LogP contribution in [0.5, 0.6) is 11.5 Å². The number of hydrogen-bond acceptors (Lipinski definition) is 6. The quantitative estimate of drug-likeness (QED) is 0.430. The van der Waals surface area contributed by atoms with E-state index in [4.69, 9.17) is 9.47 Å². The first kappa shape index (κ1) is 22.3. The van der Waals surface area contributed by atoms with E-state index in [-0.39, 0.29) is 18.9 Å². The molecule has 0 spiro atoms. The highest BCUT2D eigenvalue weighted by molar-refractivity contribution is 5.94. The van der Waals surface area contributed by atoms with Crippen LogP contribution in [0, 0.1) is 20.8 Å². The van der Waals surface area contributed by atoms with Crippen molar-refractivity contribution in [2.24, 2.45) is 0 Å². The van der Waals surface area contributed by atoms with E-state index in [1.807, 2.05) is 63.2 Å². The van der Waals surface area contributed by atoms with Gasteiger partial charge in [-0.1, -0.05) is 23.8 Å². The Kier molecular flexibility index (Phi) is 6.26. The molecule has 0 atom stereocenters. The smallest absolute Gasteiger partial charge is 0.252 e. The molecule has 8 nitrogen and oxygen atoms in total. The van der Waals surface area contributed by atoms with Crippen molar-refractivity contribution in [1.29, 1.82) is 0 Å². The van der Waals surface area contributed by atoms with Crippen molar-refractivity contribution in [3.63, 3.8) is 0 Å². The van der Waals surface area contributed by atoms with Gasteiger partial charge in [-0.25, -0.2) is 9.50 Å². The molecule has 0 unspecified atom stereocenters. The van der Waals surface area contributed by atoms with Gasteiger partial charge in [0, 0.05) is 17.1 Å². The lowest BCUT2D eigenvalue weighted by molar-refractivity contribution is -0.118. The molecular weight excluding hydrogens is 418 g/mol. The number of nitrogens with zero attached hydrogens (tertiary/aromatic N) is 5. The summed E-state index contributed by atoms with van der Waals surface area (Å²) in [7, 11) is 3.16. The third kappa shape index (κ3) is 4.79. The molecule has 4 rings (SSSR count). The van der Waals surface area contributed by atoms with Gasteiger partial charge in [-0.05, 0) is 56.7 Å². The number of benzene rings is 2. The predicted molar refractivity (Wildman–Crippen MR) is 126 cm³/mol. The number of hydrogen-bond donors (Lipinski definition) is 0. The van der Waals surface area contributed by atoms with Crippen molar-refractivity contribution < 1.29 is 14.3 Å². The van der Waals surface area contributed by atoms with E-state index in [9.17, 15) is 4.79 Å². The van der Waals surface area contributed by atoms with E-state index < -0.39 is 0 Å². The van der Waals surface area contributed by atoms with Crippen molar-refractivity contribution in [3.8, 4) is 11.5 Å². The molecular formula is C25H27N5O3. The highest BCUT2D eigenvalue weighted by atomic mass is 16.5. The molecule has 0 bridgehead atoms. The molecule has 0 fully saturated rings. The molecule has 0 aliphatic heterocycles. The summed E-state index contributed by atoms with van der Waals surface area (Å²) in [5, 5.41) is 4.59. The molecule has 8 heteroatoms. The average Bonchev–Trinajstić information content (AvgIpc) is 3.21. The summed E-state index contributed by atoms with van der Waals surface area (Å²) >= 11 is 0. The topological polar surface area (TPSA) is 81.9 Å². The molecule has 0 radical (unpaired) electrons. The Balaban J connectivity index is 1.66. The lowest BCUT2D eigenvalue weighted by Crippen LogP contribution is -2.32. The number of carbonyl (C=O) groups excluding carboxylic acids is 1. The second kappa shape index (κ2) is 9.28. The van der Waals surface area contributed by atoms with E-state index in [2.05, 4.69) is 15.1 Å². The first-order valence-corrected chi connectivity index (χ1v) is 10.7. The van der Waals surface area contributed by atoms with E-state index in [0.29, 0.717) is 23.1 Å². The maximum atomic E-state index is 13.5. The van der Waals surface area contributed by atoms with Crippen molar-refractivity contribution >= 4 is 17.4 Å². The van der Waals surface area contributed by atoms with Crippen LogP contribution in [0.15, 0.2) is 48.5 Å². The number of aromatic nitrogens is 4. The Morgan fingerprint density at radius 1 is 0.939 bits per heavy atom. The van der Waals surface area contributed by atoms with Crippen LogP contribution in [0.1, 0.15) is 28.3 Å². The van der Waals surface area contributed by atoms with Gasteiger partial charge in [-0.2, -0.15) is 4.98 Å². The molecule has 2 aromatic carbocycles. The molecule has 0 aliphatic rings. The normalized spacial score (nSPS) is 10.9. The van der Waals surface area contributed by atoms with Gasteiger partial charge in [0.05, 0.1) is 27.2 Å². The fourth-order valence-electron chi connectivity index (χ4n) is 3.72. The van der Waals surface area contributed by atoms with Crippen LogP contribution in [0.2, 0.25) is 0 Å². The third-order valence-electron chi connectivity index (χ3n) is 5.41. The number of anilines is 1. The Labute approximate surface area is 192 Å². The van der Waals surface area contributed by atoms with E-state index >= 15 is 0 Å². The number of ether oxygens (including phenoxy) is 2. The number of carbonyl (C=O) groups is 1. The first-order valence-electron chi connectivity index (χ1n) is 10.7. The lowest BCUT2D eigenvalue weighted by atomic mass is 10.1. The van der Waals surface area contributed by atoms with Crippen LogP contribution in [-0.2, 0) is 17.8 Å². The fourth-order valence-corrected chi connectivity index (χ4v) is 3.72. The summed E-state index contributed by atoms with van der Waals surface area (Å²) in [5.41, 5.74) is 4.54. The first-order chi connectivity index (χ1) is 15.9. The van der Waals surface area contributed by atoms with Gasteiger partial charge in [0.25, 0.3) is 5.78 Å². The number of fused-ring (bicyclic) bond motifs is 1. The van der Waals surface area contributed by atoms with Crippen LogP contribution in [0.3, 0.4) is 0 Å². The van der Waals surface area contributed by atoms with E-state index in [0.717, 1.165) is 28.2 Å². The van der Waals surface area contributed by atoms with Gasteiger partial charge in [-0.3, -0.25) is 4.79 Å². The molecule has 0 aliphatic carbocycles. The fraction of sp³-hybridized carbons (Fsp3) is 0.280. The summed E-state index contributed by atoms with van der Waals surface area (Å²) in [4.78, 5) is 24.2. The van der Waals surface area contributed by atoms with Crippen LogP contribution in [0.4, 0.5) is 5.69 Å². The SMILES string of the molecule is COc1ccc(CC(=O)N(Cc2nc3nc(C)cc(C)n3n2)c2ccc(C)cc2)cc1OC. The Hall–Kier alpha value is -3.94. The second-order valence-corrected chi connectivity index (χ2v) is 7.96. The van der Waals surface area contributed by atoms with Gasteiger partial charge >= 0.3 is 0 Å². The van der Waals surface area contributed by atoms with Crippen molar-refractivity contribution in [1.82, 2.24) is 19.6 Å². The Morgan fingerprint density at radius 2 is 1.67 bits per heavy atom. The minimum atomic E-state index is -0.0780.